The van der Waals surface area contributed by atoms with Crippen molar-refractivity contribution in [3.05, 3.63) is 40.9 Å². The number of carbonyl (C=O) groups excluding carboxylic acids is 2. The maximum absolute atomic E-state index is 13.9. The summed E-state index contributed by atoms with van der Waals surface area (Å²) in [6.07, 6.45) is -2.06. The van der Waals surface area contributed by atoms with Gasteiger partial charge in [-0.3, -0.25) is 4.84 Å². The minimum absolute atomic E-state index is 0.0457. The molecule has 1 aliphatic heterocycles. The minimum atomic E-state index is -1.07. The monoisotopic (exact) mass is 455 g/mol. The van der Waals surface area contributed by atoms with E-state index in [1.54, 1.807) is 10.6 Å². The predicted molar refractivity (Wildman–Crippen MR) is 110 cm³/mol. The van der Waals surface area contributed by atoms with Gasteiger partial charge in [-0.1, -0.05) is 37.6 Å². The van der Waals surface area contributed by atoms with E-state index in [-0.39, 0.29) is 41.8 Å². The highest BCUT2D eigenvalue weighted by Crippen LogP contribution is 2.45. The van der Waals surface area contributed by atoms with Crippen LogP contribution in [0.5, 0.6) is 5.75 Å². The highest BCUT2D eigenvalue weighted by molar-refractivity contribution is 6.33. The van der Waals surface area contributed by atoms with Crippen molar-refractivity contribution in [2.75, 3.05) is 19.7 Å². The number of quaternary nitrogens is 1. The van der Waals surface area contributed by atoms with Crippen molar-refractivity contribution in [3.8, 4) is 16.9 Å². The number of hydroxylamine groups is 3. The van der Waals surface area contributed by atoms with Crippen molar-refractivity contribution in [1.82, 2.24) is 4.57 Å². The topological polar surface area (TPSA) is 130 Å². The van der Waals surface area contributed by atoms with E-state index in [1.807, 2.05) is 13.8 Å². The molecule has 0 aliphatic carbocycles. The first kappa shape index (κ1) is 22.9. The highest BCUT2D eigenvalue weighted by atomic mass is 35.5. The second kappa shape index (κ2) is 8.37. The summed E-state index contributed by atoms with van der Waals surface area (Å²) in [5.74, 6) is -0.435. The van der Waals surface area contributed by atoms with Gasteiger partial charge < -0.3 is 25.9 Å². The fourth-order valence-corrected chi connectivity index (χ4v) is 4.39. The van der Waals surface area contributed by atoms with Crippen molar-refractivity contribution < 1.29 is 33.3 Å². The molecule has 11 heteroatoms. The molecule has 2 aromatic rings. The third-order valence-corrected chi connectivity index (χ3v) is 5.56. The summed E-state index contributed by atoms with van der Waals surface area (Å²) in [6, 6.07) is 5.67. The Morgan fingerprint density at radius 1 is 1.32 bits per heavy atom. The maximum Gasteiger partial charge on any atom is 0.459 e. The van der Waals surface area contributed by atoms with Crippen molar-refractivity contribution in [3.63, 3.8) is 0 Å². The van der Waals surface area contributed by atoms with E-state index in [0.29, 0.717) is 23.4 Å². The zero-order valence-electron chi connectivity index (χ0n) is 17.2. The predicted octanol–water partition coefficient (Wildman–Crippen LogP) is 2.76. The molecule has 0 spiro atoms. The van der Waals surface area contributed by atoms with Gasteiger partial charge in [0.15, 0.2) is 12.3 Å². The van der Waals surface area contributed by atoms with Crippen LogP contribution in [0.15, 0.2) is 24.3 Å². The van der Waals surface area contributed by atoms with Crippen molar-refractivity contribution >= 4 is 23.8 Å². The molecule has 1 aliphatic rings. The first-order chi connectivity index (χ1) is 14.5. The fraction of sp³-hybridized carbons (Fsp3) is 0.400. The van der Waals surface area contributed by atoms with Crippen LogP contribution in [-0.2, 0) is 17.9 Å². The van der Waals surface area contributed by atoms with Crippen molar-refractivity contribution in [1.29, 1.82) is 0 Å². The van der Waals surface area contributed by atoms with Crippen LogP contribution in [-0.4, -0.2) is 46.2 Å². The van der Waals surface area contributed by atoms with Gasteiger partial charge in [-0.05, 0) is 17.7 Å². The lowest BCUT2D eigenvalue weighted by Gasteiger charge is -2.41. The number of ether oxygens (including phenoxy) is 1. The number of carbonyl (C=O) groups is 2. The first-order valence-electron chi connectivity index (χ1n) is 9.57. The number of halogens is 2. The molecular formula is C20H25ClFN4O5+. The summed E-state index contributed by atoms with van der Waals surface area (Å²) in [5.41, 5.74) is 11.1. The Labute approximate surface area is 183 Å². The van der Waals surface area contributed by atoms with Gasteiger partial charge in [-0.2, -0.15) is 0 Å². The molecule has 2 heterocycles. The Kier molecular flexibility index (Phi) is 6.17. The van der Waals surface area contributed by atoms with Crippen LogP contribution in [0.2, 0.25) is 5.15 Å². The summed E-state index contributed by atoms with van der Waals surface area (Å²) in [7, 11) is 0. The van der Waals surface area contributed by atoms with E-state index in [9.17, 15) is 19.1 Å². The average Bonchev–Trinajstić information content (AvgIpc) is 2.91. The summed E-state index contributed by atoms with van der Waals surface area (Å²) in [4.78, 5) is 28.8. The Hall–Kier alpha value is -2.82. The van der Waals surface area contributed by atoms with E-state index >= 15 is 0 Å². The van der Waals surface area contributed by atoms with Crippen molar-refractivity contribution in [2.45, 2.75) is 26.9 Å². The zero-order valence-corrected chi connectivity index (χ0v) is 18.0. The SMILES string of the molecule is CC(C)(CO)C[N+]1(OC(N)=O)CCn2c(Cl)c(-c3cccc(F)c3)c(OC(N)=O)c2C1. The lowest BCUT2D eigenvalue weighted by Crippen LogP contribution is -2.58. The molecule has 0 radical (unpaired) electrons. The van der Waals surface area contributed by atoms with Gasteiger partial charge in [-0.15, -0.1) is 4.65 Å². The number of amides is 2. The van der Waals surface area contributed by atoms with Gasteiger partial charge in [0.1, 0.15) is 29.8 Å². The lowest BCUT2D eigenvalue weighted by atomic mass is 9.93. The van der Waals surface area contributed by atoms with Gasteiger partial charge in [0.2, 0.25) is 0 Å². The fourth-order valence-electron chi connectivity index (χ4n) is 4.01. The smallest absolute Gasteiger partial charge is 0.408 e. The average molecular weight is 456 g/mol. The third kappa shape index (κ3) is 4.76. The van der Waals surface area contributed by atoms with Crippen LogP contribution in [0.25, 0.3) is 11.1 Å². The molecule has 168 valence electrons. The molecule has 3 rings (SSSR count). The van der Waals surface area contributed by atoms with Gasteiger partial charge in [0.25, 0.3) is 0 Å². The normalized spacial score (nSPS) is 18.4. The number of primary amides is 2. The lowest BCUT2D eigenvalue weighted by molar-refractivity contribution is -1.11. The van der Waals surface area contributed by atoms with Crippen LogP contribution in [0.3, 0.4) is 0 Å². The number of rotatable bonds is 6. The largest absolute Gasteiger partial charge is 0.459 e. The molecule has 0 saturated carbocycles. The second-order valence-electron chi connectivity index (χ2n) is 8.36. The molecular weight excluding hydrogens is 431 g/mol. The summed E-state index contributed by atoms with van der Waals surface area (Å²) < 4.78 is 20.6. The molecule has 1 atom stereocenters. The second-order valence-corrected chi connectivity index (χ2v) is 8.71. The van der Waals surface area contributed by atoms with E-state index in [4.69, 9.17) is 32.6 Å². The maximum atomic E-state index is 13.9. The van der Waals surface area contributed by atoms with Crippen LogP contribution >= 0.6 is 11.6 Å². The number of aliphatic hydroxyl groups is 1. The Bertz CT molecular complexity index is 1030. The number of nitrogens with zero attached hydrogens (tertiary/aromatic N) is 2. The van der Waals surface area contributed by atoms with Crippen LogP contribution < -0.4 is 16.2 Å². The molecule has 9 nitrogen and oxygen atoms in total. The van der Waals surface area contributed by atoms with E-state index in [1.165, 1.54) is 18.2 Å². The molecule has 2 amide bonds. The van der Waals surface area contributed by atoms with Crippen molar-refractivity contribution in [2.24, 2.45) is 16.9 Å². The number of aliphatic hydroxyl groups excluding tert-OH is 1. The molecule has 1 unspecified atom stereocenters. The molecule has 5 N–H and O–H groups in total. The minimum Gasteiger partial charge on any atom is -0.408 e. The number of hydrogen-bond acceptors (Lipinski definition) is 5. The van der Waals surface area contributed by atoms with E-state index < -0.39 is 23.4 Å². The summed E-state index contributed by atoms with van der Waals surface area (Å²) in [5, 5.41) is 9.97. The zero-order chi connectivity index (χ0) is 23.0. The Balaban J connectivity index is 2.16. The number of aromatic nitrogens is 1. The molecule has 0 fully saturated rings. The molecule has 0 saturated heterocycles. The Morgan fingerprint density at radius 3 is 2.61 bits per heavy atom. The number of fused-ring (bicyclic) bond motifs is 1. The third-order valence-electron chi connectivity index (χ3n) is 5.17. The van der Waals surface area contributed by atoms with Gasteiger partial charge in [0.05, 0.1) is 18.7 Å². The molecule has 1 aromatic heterocycles. The van der Waals surface area contributed by atoms with E-state index in [2.05, 4.69) is 0 Å². The summed E-state index contributed by atoms with van der Waals surface area (Å²) in [6.45, 7) is 4.34. The van der Waals surface area contributed by atoms with Crippen LogP contribution in [0.1, 0.15) is 19.5 Å². The Morgan fingerprint density at radius 2 is 2.03 bits per heavy atom. The quantitative estimate of drug-likeness (QED) is 0.576. The number of hydrogen-bond donors (Lipinski definition) is 3. The summed E-state index contributed by atoms with van der Waals surface area (Å²) >= 11 is 6.61. The van der Waals surface area contributed by atoms with Gasteiger partial charge in [-0.25, -0.2) is 14.0 Å². The first-order valence-corrected chi connectivity index (χ1v) is 9.95. The van der Waals surface area contributed by atoms with Gasteiger partial charge in [0, 0.05) is 5.41 Å². The van der Waals surface area contributed by atoms with E-state index in [0.717, 1.165) is 0 Å². The van der Waals surface area contributed by atoms with Gasteiger partial charge >= 0.3 is 12.2 Å². The number of nitrogens with two attached hydrogens (primary N) is 2. The molecule has 1 aromatic carbocycles. The highest BCUT2D eigenvalue weighted by Gasteiger charge is 2.45. The molecule has 31 heavy (non-hydrogen) atoms. The van der Waals surface area contributed by atoms with Crippen LogP contribution in [0, 0.1) is 11.2 Å². The van der Waals surface area contributed by atoms with Crippen LogP contribution in [0.4, 0.5) is 14.0 Å². The standard InChI is InChI=1S/C20H24ClFN4O5/c1-20(2,11-27)10-26(31-19(24)29)7-6-25-14(9-26)16(30-18(23)28)15(17(25)21)12-4-3-5-13(22)8-12/h3-5,8,27H,6-7,9-11H2,1-2H3,(H3-,23,24,28,29)/p+1. The number of benzene rings is 1. The molecule has 0 bridgehead atoms.